The van der Waals surface area contributed by atoms with Gasteiger partial charge >= 0.3 is 0 Å². The van der Waals surface area contributed by atoms with Crippen molar-refractivity contribution in [2.75, 3.05) is 38.3 Å². The highest BCUT2D eigenvalue weighted by atomic mass is 16.7. The first-order chi connectivity index (χ1) is 12.2. The van der Waals surface area contributed by atoms with Crippen LogP contribution >= 0.6 is 0 Å². The fourth-order valence-electron chi connectivity index (χ4n) is 2.69. The van der Waals surface area contributed by atoms with Crippen molar-refractivity contribution < 1.29 is 14.5 Å². The average Bonchev–Trinajstić information content (AvgIpc) is 2.92. The molecule has 0 aromatic carbocycles. The van der Waals surface area contributed by atoms with Gasteiger partial charge in [-0.25, -0.2) is 11.0 Å². The molecule has 1 amide bonds. The Morgan fingerprint density at radius 3 is 2.16 bits per heavy atom. The molecule has 2 aliphatic carbocycles. The van der Waals surface area contributed by atoms with E-state index in [1.165, 1.54) is 16.8 Å². The van der Waals surface area contributed by atoms with E-state index in [0.29, 0.717) is 6.61 Å². The fourth-order valence-corrected chi connectivity index (χ4v) is 2.69. The Morgan fingerprint density at radius 2 is 1.60 bits per heavy atom. The van der Waals surface area contributed by atoms with Gasteiger partial charge in [-0.1, -0.05) is 24.3 Å². The van der Waals surface area contributed by atoms with Crippen LogP contribution in [0.3, 0.4) is 0 Å². The standard InChI is InChI=1S/C19H27N3O3/c1-4-22(5-2)18-13-16-8-6-15(7-9-17(16)14-18)12-19(23)21-25-11-10-24-20-3/h6-9,13-14,20H,4-5,10-12H2,1-3H3,(H,21,23). The maximum absolute atomic E-state index is 11.9. The molecular formula is C19H27N3O3. The molecule has 0 radical (unpaired) electrons. The van der Waals surface area contributed by atoms with E-state index in [9.17, 15) is 4.79 Å². The van der Waals surface area contributed by atoms with Crippen LogP contribution in [-0.4, -0.2) is 39.3 Å². The highest BCUT2D eigenvalue weighted by molar-refractivity contribution is 5.79. The lowest BCUT2D eigenvalue weighted by Gasteiger charge is -2.18. The minimum Gasteiger partial charge on any atom is -0.372 e. The van der Waals surface area contributed by atoms with Gasteiger partial charge in [0.15, 0.2) is 0 Å². The molecule has 0 bridgehead atoms. The van der Waals surface area contributed by atoms with Gasteiger partial charge in [-0.2, -0.15) is 0 Å². The smallest absolute Gasteiger partial charge is 0.247 e. The van der Waals surface area contributed by atoms with Gasteiger partial charge in [-0.15, -0.1) is 0 Å². The number of hydrogen-bond donors (Lipinski definition) is 2. The number of carbonyl (C=O) groups excluding carboxylic acids is 1. The summed E-state index contributed by atoms with van der Waals surface area (Å²) in [7, 11) is 1.67. The molecule has 0 heterocycles. The summed E-state index contributed by atoms with van der Waals surface area (Å²) >= 11 is 0. The van der Waals surface area contributed by atoms with Crippen LogP contribution < -0.4 is 15.9 Å². The van der Waals surface area contributed by atoms with Crippen LogP contribution in [0, 0.1) is 0 Å². The van der Waals surface area contributed by atoms with Gasteiger partial charge in [0, 0.05) is 25.8 Å². The Morgan fingerprint density at radius 1 is 1.00 bits per heavy atom. The summed E-state index contributed by atoms with van der Waals surface area (Å²) in [6, 6.07) is 12.5. The highest BCUT2D eigenvalue weighted by Crippen LogP contribution is 2.30. The first-order valence-corrected chi connectivity index (χ1v) is 8.64. The van der Waals surface area contributed by atoms with Crippen LogP contribution in [0.2, 0.25) is 0 Å². The second kappa shape index (κ2) is 9.98. The Kier molecular flexibility index (Phi) is 7.66. The zero-order valence-electron chi connectivity index (χ0n) is 15.2. The number of rotatable bonds is 10. The first kappa shape index (κ1) is 19.2. The van der Waals surface area contributed by atoms with Crippen molar-refractivity contribution in [3.05, 3.63) is 42.0 Å². The van der Waals surface area contributed by atoms with E-state index in [-0.39, 0.29) is 18.9 Å². The van der Waals surface area contributed by atoms with Crippen molar-refractivity contribution in [2.24, 2.45) is 0 Å². The molecule has 0 unspecified atom stereocenters. The molecule has 0 saturated heterocycles. The molecule has 0 fully saturated rings. The molecule has 2 aliphatic rings. The maximum Gasteiger partial charge on any atom is 0.247 e. The van der Waals surface area contributed by atoms with Crippen molar-refractivity contribution in [1.29, 1.82) is 0 Å². The van der Waals surface area contributed by atoms with E-state index in [1.807, 2.05) is 12.1 Å². The number of nitrogens with one attached hydrogen (secondary N) is 2. The molecule has 2 rings (SSSR count). The van der Waals surface area contributed by atoms with Gasteiger partial charge in [0.25, 0.3) is 0 Å². The lowest BCUT2D eigenvalue weighted by atomic mass is 10.2. The number of fused-ring (bicyclic) bond motifs is 1. The predicted molar refractivity (Wildman–Crippen MR) is 99.4 cm³/mol. The van der Waals surface area contributed by atoms with Crippen LogP contribution in [-0.2, 0) is 20.9 Å². The molecule has 6 heteroatoms. The Labute approximate surface area is 149 Å². The lowest BCUT2D eigenvalue weighted by Crippen LogP contribution is -2.27. The molecular weight excluding hydrogens is 318 g/mol. The zero-order valence-corrected chi connectivity index (χ0v) is 15.2. The number of anilines is 1. The largest absolute Gasteiger partial charge is 0.372 e. The SMILES string of the molecule is CCN(CC)c1cc2ccc(CC(=O)NOCCONC)ccc-2c1. The van der Waals surface area contributed by atoms with Crippen molar-refractivity contribution in [3.8, 4) is 11.1 Å². The molecule has 2 N–H and O–H groups in total. The molecule has 0 atom stereocenters. The minimum atomic E-state index is -0.181. The number of nitrogens with zero attached hydrogens (tertiary/aromatic N) is 1. The second-order valence-electron chi connectivity index (χ2n) is 5.64. The monoisotopic (exact) mass is 345 g/mol. The molecule has 0 aromatic heterocycles. The average molecular weight is 345 g/mol. The molecule has 6 nitrogen and oxygen atoms in total. The van der Waals surface area contributed by atoms with Crippen LogP contribution in [0.5, 0.6) is 0 Å². The summed E-state index contributed by atoms with van der Waals surface area (Å²) in [6.45, 7) is 6.95. The summed E-state index contributed by atoms with van der Waals surface area (Å²) in [6.07, 6.45) is 0.271. The van der Waals surface area contributed by atoms with E-state index in [4.69, 9.17) is 9.68 Å². The third-order valence-electron chi connectivity index (χ3n) is 4.01. The van der Waals surface area contributed by atoms with Gasteiger partial charge in [0.1, 0.15) is 6.61 Å². The quantitative estimate of drug-likeness (QED) is 0.511. The normalized spacial score (nSPS) is 10.8. The van der Waals surface area contributed by atoms with Crippen LogP contribution in [0.4, 0.5) is 5.69 Å². The molecule has 136 valence electrons. The summed E-state index contributed by atoms with van der Waals surface area (Å²) < 4.78 is 0. The second-order valence-corrected chi connectivity index (χ2v) is 5.64. The summed E-state index contributed by atoms with van der Waals surface area (Å²) in [4.78, 5) is 24.2. The van der Waals surface area contributed by atoms with Crippen LogP contribution in [0.15, 0.2) is 36.4 Å². The van der Waals surface area contributed by atoms with Gasteiger partial charge in [-0.3, -0.25) is 14.5 Å². The number of hydroxylamine groups is 2. The summed E-state index contributed by atoms with van der Waals surface area (Å²) in [5.74, 6) is -0.181. The topological polar surface area (TPSA) is 62.8 Å². The molecule has 0 spiro atoms. The van der Waals surface area contributed by atoms with E-state index in [1.54, 1.807) is 7.05 Å². The zero-order chi connectivity index (χ0) is 18.1. The molecule has 0 aromatic rings. The lowest BCUT2D eigenvalue weighted by molar-refractivity contribution is -0.134. The predicted octanol–water partition coefficient (Wildman–Crippen LogP) is 2.38. The first-order valence-electron chi connectivity index (χ1n) is 8.64. The van der Waals surface area contributed by atoms with Crippen molar-refractivity contribution >= 4 is 11.6 Å². The van der Waals surface area contributed by atoms with Gasteiger partial charge in [0.2, 0.25) is 5.91 Å². The molecule has 0 saturated carbocycles. The van der Waals surface area contributed by atoms with Crippen LogP contribution in [0.25, 0.3) is 11.1 Å². The third kappa shape index (κ3) is 5.70. The fraction of sp³-hybridized carbons (Fsp3) is 0.421. The molecule has 0 aliphatic heterocycles. The number of hydrogen-bond acceptors (Lipinski definition) is 5. The number of carbonyl (C=O) groups is 1. The van der Waals surface area contributed by atoms with E-state index >= 15 is 0 Å². The Balaban J connectivity index is 1.95. The third-order valence-corrected chi connectivity index (χ3v) is 4.01. The van der Waals surface area contributed by atoms with Gasteiger partial charge < -0.3 is 4.90 Å². The van der Waals surface area contributed by atoms with Crippen molar-refractivity contribution in [2.45, 2.75) is 20.3 Å². The summed E-state index contributed by atoms with van der Waals surface area (Å²) in [5, 5.41) is 0. The highest BCUT2D eigenvalue weighted by Gasteiger charge is 2.10. The number of amides is 1. The van der Waals surface area contributed by atoms with Crippen molar-refractivity contribution in [1.82, 2.24) is 11.0 Å². The Hall–Kier alpha value is -2.15. The summed E-state index contributed by atoms with van der Waals surface area (Å²) in [5.41, 5.74) is 9.48. The minimum absolute atomic E-state index is 0.181. The van der Waals surface area contributed by atoms with Gasteiger partial charge in [-0.05, 0) is 42.7 Å². The molecule has 25 heavy (non-hydrogen) atoms. The van der Waals surface area contributed by atoms with Gasteiger partial charge in [0.05, 0.1) is 13.0 Å². The van der Waals surface area contributed by atoms with E-state index < -0.39 is 0 Å². The maximum atomic E-state index is 11.9. The Bertz CT molecular complexity index is 610. The van der Waals surface area contributed by atoms with E-state index in [0.717, 1.165) is 18.7 Å². The van der Waals surface area contributed by atoms with E-state index in [2.05, 4.69) is 54.0 Å². The van der Waals surface area contributed by atoms with Crippen molar-refractivity contribution in [3.63, 3.8) is 0 Å². The van der Waals surface area contributed by atoms with Crippen LogP contribution in [0.1, 0.15) is 19.4 Å².